The van der Waals surface area contributed by atoms with Crippen LogP contribution in [0.2, 0.25) is 0 Å². The predicted molar refractivity (Wildman–Crippen MR) is 84.3 cm³/mol. The molecule has 1 aromatic rings. The Morgan fingerprint density at radius 3 is 2.25 bits per heavy atom. The normalized spacial score (nSPS) is 10.7. The van der Waals surface area contributed by atoms with E-state index >= 15 is 0 Å². The van der Waals surface area contributed by atoms with Gasteiger partial charge in [-0.05, 0) is 18.4 Å². The van der Waals surface area contributed by atoms with E-state index < -0.39 is 0 Å². The fraction of sp³-hybridized carbons (Fsp3) is 0.611. The maximum Gasteiger partial charge on any atom is 0.188 e. The number of Topliss-reactive ketones (excluding diaryl/α,β-unsaturated/α-hetero) is 1. The number of hydrogen-bond acceptors (Lipinski definition) is 2. The third kappa shape index (κ3) is 6.85. The molecule has 0 fully saturated rings. The molecule has 0 spiro atoms. The molecule has 0 radical (unpaired) electrons. The van der Waals surface area contributed by atoms with Gasteiger partial charge in [0, 0.05) is 12.2 Å². The molecule has 0 aliphatic heterocycles. The molecule has 1 rings (SSSR count). The van der Waals surface area contributed by atoms with E-state index in [0.717, 1.165) is 18.4 Å². The maximum atomic E-state index is 11.9. The van der Waals surface area contributed by atoms with Crippen LogP contribution in [-0.4, -0.2) is 19.0 Å². The van der Waals surface area contributed by atoms with Gasteiger partial charge in [0.05, 0.1) is 0 Å². The number of benzene rings is 1. The van der Waals surface area contributed by atoms with Gasteiger partial charge in [-0.2, -0.15) is 0 Å². The fourth-order valence-electron chi connectivity index (χ4n) is 2.16. The van der Waals surface area contributed by atoms with E-state index in [2.05, 4.69) is 13.8 Å². The summed E-state index contributed by atoms with van der Waals surface area (Å²) in [7, 11) is 0. The monoisotopic (exact) mass is 276 g/mol. The molecule has 0 aromatic heterocycles. The summed E-state index contributed by atoms with van der Waals surface area (Å²) in [4.78, 5) is 11.9. The van der Waals surface area contributed by atoms with Gasteiger partial charge in [0.25, 0.3) is 0 Å². The van der Waals surface area contributed by atoms with Crippen LogP contribution in [0.3, 0.4) is 0 Å². The molecule has 1 aromatic carbocycles. The van der Waals surface area contributed by atoms with Crippen LogP contribution >= 0.6 is 0 Å². The first kappa shape index (κ1) is 16.9. The van der Waals surface area contributed by atoms with E-state index in [1.165, 1.54) is 37.7 Å². The molecular weight excluding hydrogens is 248 g/mol. The zero-order valence-corrected chi connectivity index (χ0v) is 13.0. The van der Waals surface area contributed by atoms with Gasteiger partial charge >= 0.3 is 0 Å². The Morgan fingerprint density at radius 2 is 1.60 bits per heavy atom. The standard InChI is InChI=1S/C18H28O2/c1-3-5-6-7-8-9-14-20-15-18(19)17-12-10-16(4-2)11-13-17/h10-13H,3-9,14-15H2,1-2H3. The lowest BCUT2D eigenvalue weighted by atomic mass is 10.1. The number of rotatable bonds is 11. The van der Waals surface area contributed by atoms with E-state index in [9.17, 15) is 4.79 Å². The summed E-state index contributed by atoms with van der Waals surface area (Å²) in [5.41, 5.74) is 2.01. The largest absolute Gasteiger partial charge is 0.373 e. The minimum absolute atomic E-state index is 0.0821. The Bertz CT molecular complexity index is 368. The van der Waals surface area contributed by atoms with Crippen LogP contribution in [0.5, 0.6) is 0 Å². The number of ketones is 1. The molecule has 112 valence electrons. The number of hydrogen-bond donors (Lipinski definition) is 0. The Morgan fingerprint density at radius 1 is 0.950 bits per heavy atom. The van der Waals surface area contributed by atoms with Gasteiger partial charge in [0.1, 0.15) is 6.61 Å². The average Bonchev–Trinajstić information content (AvgIpc) is 2.50. The van der Waals surface area contributed by atoms with Crippen LogP contribution in [0.25, 0.3) is 0 Å². The lowest BCUT2D eigenvalue weighted by Crippen LogP contribution is -2.09. The maximum absolute atomic E-state index is 11.9. The zero-order chi connectivity index (χ0) is 14.6. The molecule has 0 aliphatic carbocycles. The third-order valence-electron chi connectivity index (χ3n) is 3.56. The van der Waals surface area contributed by atoms with Gasteiger partial charge in [-0.15, -0.1) is 0 Å². The van der Waals surface area contributed by atoms with Gasteiger partial charge in [-0.1, -0.05) is 70.2 Å². The molecule has 2 nitrogen and oxygen atoms in total. The van der Waals surface area contributed by atoms with E-state index in [1.807, 2.05) is 24.3 Å². The van der Waals surface area contributed by atoms with Crippen LogP contribution in [0.15, 0.2) is 24.3 Å². The summed E-state index contributed by atoms with van der Waals surface area (Å²) < 4.78 is 5.46. The predicted octanol–water partition coefficient (Wildman–Crippen LogP) is 4.81. The van der Waals surface area contributed by atoms with Crippen molar-refractivity contribution in [3.05, 3.63) is 35.4 Å². The molecule has 0 saturated heterocycles. The summed E-state index contributed by atoms with van der Waals surface area (Å²) in [6.07, 6.45) is 8.48. The molecule has 0 bridgehead atoms. The molecular formula is C18H28O2. The molecule has 0 atom stereocenters. The summed E-state index contributed by atoms with van der Waals surface area (Å²) in [5.74, 6) is 0.0821. The van der Waals surface area contributed by atoms with Crippen LogP contribution in [0.4, 0.5) is 0 Å². The van der Waals surface area contributed by atoms with Gasteiger partial charge in [-0.3, -0.25) is 4.79 Å². The average molecular weight is 276 g/mol. The van der Waals surface area contributed by atoms with Crippen LogP contribution in [-0.2, 0) is 11.2 Å². The summed E-state index contributed by atoms with van der Waals surface area (Å²) in [6.45, 7) is 5.24. The lowest BCUT2D eigenvalue weighted by molar-refractivity contribution is 0.0752. The fourth-order valence-corrected chi connectivity index (χ4v) is 2.16. The molecule has 0 N–H and O–H groups in total. The van der Waals surface area contributed by atoms with Crippen LogP contribution < -0.4 is 0 Å². The van der Waals surface area contributed by atoms with Gasteiger partial charge < -0.3 is 4.74 Å². The number of carbonyl (C=O) groups excluding carboxylic acids is 1. The molecule has 0 heterocycles. The van der Waals surface area contributed by atoms with Crippen molar-refractivity contribution in [1.29, 1.82) is 0 Å². The second-order valence-electron chi connectivity index (χ2n) is 5.29. The quantitative estimate of drug-likeness (QED) is 0.428. The number of unbranched alkanes of at least 4 members (excludes halogenated alkanes) is 5. The van der Waals surface area contributed by atoms with Gasteiger partial charge in [-0.25, -0.2) is 0 Å². The van der Waals surface area contributed by atoms with E-state index in [4.69, 9.17) is 4.74 Å². The summed E-state index contributed by atoms with van der Waals surface area (Å²) >= 11 is 0. The highest BCUT2D eigenvalue weighted by Gasteiger charge is 2.05. The van der Waals surface area contributed by atoms with Crippen molar-refractivity contribution in [2.45, 2.75) is 58.8 Å². The first-order chi connectivity index (χ1) is 9.77. The van der Waals surface area contributed by atoms with Crippen molar-refractivity contribution in [1.82, 2.24) is 0 Å². The van der Waals surface area contributed by atoms with Crippen molar-refractivity contribution in [3.8, 4) is 0 Å². The summed E-state index contributed by atoms with van der Waals surface area (Å²) in [6, 6.07) is 7.83. The molecule has 0 saturated carbocycles. The van der Waals surface area contributed by atoms with Crippen molar-refractivity contribution in [2.24, 2.45) is 0 Å². The van der Waals surface area contributed by atoms with Crippen molar-refractivity contribution >= 4 is 5.78 Å². The highest BCUT2D eigenvalue weighted by molar-refractivity contribution is 5.97. The number of carbonyl (C=O) groups is 1. The molecule has 0 amide bonds. The Hall–Kier alpha value is -1.15. The Kier molecular flexibility index (Phi) is 8.97. The second kappa shape index (κ2) is 10.6. The number of aryl methyl sites for hydroxylation is 1. The Balaban J connectivity index is 2.10. The number of ether oxygens (including phenoxy) is 1. The highest BCUT2D eigenvalue weighted by Crippen LogP contribution is 2.07. The van der Waals surface area contributed by atoms with Crippen molar-refractivity contribution in [3.63, 3.8) is 0 Å². The first-order valence-corrected chi connectivity index (χ1v) is 7.97. The summed E-state index contributed by atoms with van der Waals surface area (Å²) in [5, 5.41) is 0. The Labute approximate surface area is 123 Å². The van der Waals surface area contributed by atoms with E-state index in [1.54, 1.807) is 0 Å². The molecule has 20 heavy (non-hydrogen) atoms. The second-order valence-corrected chi connectivity index (χ2v) is 5.29. The molecule has 0 unspecified atom stereocenters. The SMILES string of the molecule is CCCCCCCCOCC(=O)c1ccc(CC)cc1. The van der Waals surface area contributed by atoms with Gasteiger partial charge in [0.2, 0.25) is 0 Å². The highest BCUT2D eigenvalue weighted by atomic mass is 16.5. The van der Waals surface area contributed by atoms with E-state index in [-0.39, 0.29) is 12.4 Å². The minimum atomic E-state index is 0.0821. The molecule has 2 heteroatoms. The third-order valence-corrected chi connectivity index (χ3v) is 3.56. The van der Waals surface area contributed by atoms with Crippen molar-refractivity contribution < 1.29 is 9.53 Å². The zero-order valence-electron chi connectivity index (χ0n) is 13.0. The minimum Gasteiger partial charge on any atom is -0.373 e. The van der Waals surface area contributed by atoms with Crippen LogP contribution in [0, 0.1) is 0 Å². The van der Waals surface area contributed by atoms with E-state index in [0.29, 0.717) is 6.61 Å². The topological polar surface area (TPSA) is 26.3 Å². The van der Waals surface area contributed by atoms with Crippen molar-refractivity contribution in [2.75, 3.05) is 13.2 Å². The molecule has 0 aliphatic rings. The first-order valence-electron chi connectivity index (χ1n) is 7.97. The van der Waals surface area contributed by atoms with Gasteiger partial charge in [0.15, 0.2) is 5.78 Å². The smallest absolute Gasteiger partial charge is 0.188 e. The lowest BCUT2D eigenvalue weighted by Gasteiger charge is -2.05. The van der Waals surface area contributed by atoms with Crippen LogP contribution in [0.1, 0.15) is 68.3 Å².